The summed E-state index contributed by atoms with van der Waals surface area (Å²) in [5.41, 5.74) is 0.519. The van der Waals surface area contributed by atoms with Gasteiger partial charge in [-0.05, 0) is 24.5 Å². The van der Waals surface area contributed by atoms with Gasteiger partial charge in [0.1, 0.15) is 5.82 Å². The Kier molecular flexibility index (Phi) is 5.06. The van der Waals surface area contributed by atoms with Crippen LogP contribution in [0.15, 0.2) is 12.1 Å². The maximum atomic E-state index is 13.9. The molecule has 0 aliphatic heterocycles. The van der Waals surface area contributed by atoms with Gasteiger partial charge in [-0.25, -0.2) is 8.78 Å². The molecule has 0 atom stereocenters. The van der Waals surface area contributed by atoms with Crippen molar-refractivity contribution < 1.29 is 8.78 Å². The van der Waals surface area contributed by atoms with Crippen LogP contribution in [0.25, 0.3) is 0 Å². The van der Waals surface area contributed by atoms with E-state index in [9.17, 15) is 8.78 Å². The molecule has 0 heterocycles. The first-order valence-corrected chi connectivity index (χ1v) is 6.42. The number of nitrogens with one attached hydrogen (secondary N) is 1. The van der Waals surface area contributed by atoms with E-state index in [1.165, 1.54) is 24.1 Å². The van der Waals surface area contributed by atoms with Crippen LogP contribution in [-0.4, -0.2) is 5.75 Å². The van der Waals surface area contributed by atoms with Crippen LogP contribution in [0.5, 0.6) is 0 Å². The van der Waals surface area contributed by atoms with Crippen molar-refractivity contribution in [2.75, 3.05) is 10.5 Å². The van der Waals surface area contributed by atoms with Crippen LogP contribution in [0.4, 0.5) is 14.5 Å². The molecule has 1 aromatic rings. The zero-order valence-corrected chi connectivity index (χ0v) is 10.6. The fourth-order valence-corrected chi connectivity index (χ4v) is 2.03. The molecule has 90 valence electrons. The Hall–Kier alpha value is -0.770. The fourth-order valence-electron chi connectivity index (χ4n) is 1.41. The van der Waals surface area contributed by atoms with Gasteiger partial charge in [-0.2, -0.15) is 0 Å². The minimum Gasteiger partial charge on any atom is -0.327 e. The number of hydrogen-bond acceptors (Lipinski definition) is 2. The zero-order valence-electron chi connectivity index (χ0n) is 9.81. The summed E-state index contributed by atoms with van der Waals surface area (Å²) in [7, 11) is 0. The van der Waals surface area contributed by atoms with Gasteiger partial charge in [0.25, 0.3) is 0 Å². The van der Waals surface area contributed by atoms with Crippen molar-refractivity contribution in [3.63, 3.8) is 0 Å². The molecule has 0 fully saturated rings. The second kappa shape index (κ2) is 6.09. The van der Waals surface area contributed by atoms with Crippen molar-refractivity contribution in [1.29, 1.82) is 0 Å². The van der Waals surface area contributed by atoms with Crippen molar-refractivity contribution in [2.45, 2.75) is 33.1 Å². The minimum absolute atomic E-state index is 0.155. The van der Waals surface area contributed by atoms with Gasteiger partial charge in [-0.1, -0.05) is 32.7 Å². The van der Waals surface area contributed by atoms with Crippen LogP contribution in [0.3, 0.4) is 0 Å². The average molecular weight is 245 g/mol. The molecular formula is C12H17F2NS. The summed E-state index contributed by atoms with van der Waals surface area (Å²) in [5, 5.41) is 0. The van der Waals surface area contributed by atoms with Gasteiger partial charge in [0, 0.05) is 11.3 Å². The summed E-state index contributed by atoms with van der Waals surface area (Å²) >= 11 is 1.43. The van der Waals surface area contributed by atoms with Gasteiger partial charge >= 0.3 is 0 Å². The molecule has 0 spiro atoms. The molecular weight excluding hydrogens is 228 g/mol. The van der Waals surface area contributed by atoms with E-state index in [1.54, 1.807) is 13.8 Å². The normalized spacial score (nSPS) is 10.9. The van der Waals surface area contributed by atoms with Crippen molar-refractivity contribution in [3.8, 4) is 0 Å². The summed E-state index contributed by atoms with van der Waals surface area (Å²) < 4.78 is 30.2. The third-order valence-corrected chi connectivity index (χ3v) is 3.17. The molecule has 1 rings (SSSR count). The van der Waals surface area contributed by atoms with Gasteiger partial charge in [0.05, 0.1) is 5.69 Å². The molecule has 0 saturated heterocycles. The second-order valence-corrected chi connectivity index (χ2v) is 4.83. The molecule has 16 heavy (non-hydrogen) atoms. The fraction of sp³-hybridized carbons (Fsp3) is 0.500. The summed E-state index contributed by atoms with van der Waals surface area (Å²) in [6.45, 7) is 5.62. The predicted molar refractivity (Wildman–Crippen MR) is 66.8 cm³/mol. The predicted octanol–water partition coefficient (Wildman–Crippen LogP) is 4.56. The molecule has 0 aliphatic carbocycles. The van der Waals surface area contributed by atoms with E-state index in [4.69, 9.17) is 0 Å². The monoisotopic (exact) mass is 245 g/mol. The topological polar surface area (TPSA) is 12.0 Å². The van der Waals surface area contributed by atoms with Crippen LogP contribution >= 0.6 is 11.9 Å². The molecule has 0 aliphatic rings. The first-order valence-electron chi connectivity index (χ1n) is 5.43. The number of rotatable bonds is 5. The Bertz CT molecular complexity index is 353. The molecule has 1 nitrogen and oxygen atoms in total. The first-order chi connectivity index (χ1) is 7.57. The van der Waals surface area contributed by atoms with E-state index in [1.807, 2.05) is 0 Å². The largest absolute Gasteiger partial charge is 0.327 e. The highest BCUT2D eigenvalue weighted by atomic mass is 32.2. The summed E-state index contributed by atoms with van der Waals surface area (Å²) in [6, 6.07) is 2.76. The second-order valence-electron chi connectivity index (χ2n) is 3.93. The van der Waals surface area contributed by atoms with E-state index in [0.29, 0.717) is 5.69 Å². The molecule has 1 N–H and O–H groups in total. The van der Waals surface area contributed by atoms with E-state index in [0.717, 1.165) is 12.2 Å². The first kappa shape index (κ1) is 13.3. The number of hydrogen-bond donors (Lipinski definition) is 1. The summed E-state index contributed by atoms with van der Waals surface area (Å²) in [4.78, 5) is 0. The molecule has 4 heteroatoms. The van der Waals surface area contributed by atoms with E-state index < -0.39 is 11.6 Å². The molecule has 0 radical (unpaired) electrons. The van der Waals surface area contributed by atoms with Crippen molar-refractivity contribution in [2.24, 2.45) is 0 Å². The van der Waals surface area contributed by atoms with Crippen molar-refractivity contribution in [1.82, 2.24) is 0 Å². The minimum atomic E-state index is -0.474. The average Bonchev–Trinajstić information content (AvgIpc) is 2.21. The molecule has 0 amide bonds. The van der Waals surface area contributed by atoms with E-state index >= 15 is 0 Å². The highest BCUT2D eigenvalue weighted by Crippen LogP contribution is 2.28. The SMILES string of the molecule is CCCSNc1ccc(F)c(C(C)C)c1F. The maximum Gasteiger partial charge on any atom is 0.153 e. The smallest absolute Gasteiger partial charge is 0.153 e. The number of benzene rings is 1. The van der Waals surface area contributed by atoms with E-state index in [2.05, 4.69) is 11.6 Å². The van der Waals surface area contributed by atoms with Gasteiger partial charge in [-0.15, -0.1) is 0 Å². The molecule has 0 bridgehead atoms. The standard InChI is InChI=1S/C12H17F2NS/c1-4-7-16-15-10-6-5-9(13)11(8(2)3)12(10)14/h5-6,8,15H,4,7H2,1-3H3. The molecule has 0 unspecified atom stereocenters. The summed E-state index contributed by atoms with van der Waals surface area (Å²) in [5.74, 6) is -0.205. The highest BCUT2D eigenvalue weighted by Gasteiger charge is 2.16. The van der Waals surface area contributed by atoms with Crippen molar-refractivity contribution >= 4 is 17.6 Å². The number of halogens is 2. The Morgan fingerprint density at radius 1 is 1.31 bits per heavy atom. The van der Waals surface area contributed by atoms with Crippen LogP contribution < -0.4 is 4.72 Å². The Morgan fingerprint density at radius 3 is 2.56 bits per heavy atom. The quantitative estimate of drug-likeness (QED) is 0.603. The number of anilines is 1. The lowest BCUT2D eigenvalue weighted by molar-refractivity contribution is 0.544. The van der Waals surface area contributed by atoms with Crippen LogP contribution in [-0.2, 0) is 0 Å². The molecule has 1 aromatic carbocycles. The van der Waals surface area contributed by atoms with E-state index in [-0.39, 0.29) is 11.5 Å². The van der Waals surface area contributed by atoms with Crippen molar-refractivity contribution in [3.05, 3.63) is 29.3 Å². The van der Waals surface area contributed by atoms with Crippen LogP contribution in [0, 0.1) is 11.6 Å². The van der Waals surface area contributed by atoms with Gasteiger partial charge in [-0.3, -0.25) is 0 Å². The lowest BCUT2D eigenvalue weighted by Gasteiger charge is -2.13. The Morgan fingerprint density at radius 2 is 2.00 bits per heavy atom. The molecule has 0 saturated carbocycles. The maximum absolute atomic E-state index is 13.9. The zero-order chi connectivity index (χ0) is 12.1. The summed E-state index contributed by atoms with van der Waals surface area (Å²) in [6.07, 6.45) is 1.01. The highest BCUT2D eigenvalue weighted by molar-refractivity contribution is 8.00. The lowest BCUT2D eigenvalue weighted by atomic mass is 10.0. The Balaban J connectivity index is 2.90. The van der Waals surface area contributed by atoms with Gasteiger partial charge in [0.15, 0.2) is 5.82 Å². The van der Waals surface area contributed by atoms with Crippen LogP contribution in [0.1, 0.15) is 38.7 Å². The lowest BCUT2D eigenvalue weighted by Crippen LogP contribution is -2.02. The van der Waals surface area contributed by atoms with Gasteiger partial charge in [0.2, 0.25) is 0 Å². The molecule has 0 aromatic heterocycles. The Labute approximate surface area is 99.8 Å². The third-order valence-electron chi connectivity index (χ3n) is 2.19. The third kappa shape index (κ3) is 3.11. The van der Waals surface area contributed by atoms with Crippen LogP contribution in [0.2, 0.25) is 0 Å². The van der Waals surface area contributed by atoms with Gasteiger partial charge < -0.3 is 4.72 Å².